The van der Waals surface area contributed by atoms with Crippen LogP contribution in [0.1, 0.15) is 34.9 Å². The number of carbonyl (C=O) groups is 1. The summed E-state index contributed by atoms with van der Waals surface area (Å²) in [6.45, 7) is 3.98. The minimum atomic E-state index is -0.282. The van der Waals surface area contributed by atoms with Crippen LogP contribution in [0.4, 0.5) is 5.13 Å². The Balaban J connectivity index is 1.43. The maximum atomic E-state index is 12.4. The highest BCUT2D eigenvalue weighted by Crippen LogP contribution is 2.25. The zero-order valence-electron chi connectivity index (χ0n) is 14.5. The van der Waals surface area contributed by atoms with Gasteiger partial charge in [0.05, 0.1) is 17.9 Å². The van der Waals surface area contributed by atoms with Crippen molar-refractivity contribution in [1.82, 2.24) is 25.3 Å². The molecule has 1 fully saturated rings. The van der Waals surface area contributed by atoms with E-state index in [1.165, 1.54) is 16.9 Å². The van der Waals surface area contributed by atoms with Crippen molar-refractivity contribution in [3.63, 3.8) is 0 Å². The summed E-state index contributed by atoms with van der Waals surface area (Å²) in [5.74, 6) is -0.282. The first-order valence-electron chi connectivity index (χ1n) is 8.65. The molecule has 1 saturated heterocycles. The molecule has 2 aromatic heterocycles. The van der Waals surface area contributed by atoms with Gasteiger partial charge in [-0.15, -0.1) is 16.4 Å². The molecule has 0 aliphatic carbocycles. The number of rotatable bonds is 4. The Morgan fingerprint density at radius 3 is 2.81 bits per heavy atom. The molecule has 0 atom stereocenters. The van der Waals surface area contributed by atoms with Crippen LogP contribution in [-0.2, 0) is 0 Å². The third-order valence-corrected chi connectivity index (χ3v) is 5.26. The molecule has 1 amide bonds. The Morgan fingerprint density at radius 1 is 1.27 bits per heavy atom. The molecule has 1 aromatic carbocycles. The van der Waals surface area contributed by atoms with Gasteiger partial charge in [-0.25, -0.2) is 9.67 Å². The SMILES string of the molecule is Cc1ccc(-c2csc(NC(=O)c3cn(C4CCNCC4)nn3)n2)cc1. The van der Waals surface area contributed by atoms with Crippen molar-refractivity contribution in [2.75, 3.05) is 18.4 Å². The third kappa shape index (κ3) is 3.66. The first kappa shape index (κ1) is 16.9. The molecule has 0 unspecified atom stereocenters. The Labute approximate surface area is 155 Å². The molecule has 0 spiro atoms. The van der Waals surface area contributed by atoms with Gasteiger partial charge in [0.1, 0.15) is 0 Å². The number of carbonyl (C=O) groups excluding carboxylic acids is 1. The van der Waals surface area contributed by atoms with E-state index in [0.29, 0.717) is 16.9 Å². The fraction of sp³-hybridized carbons (Fsp3) is 0.333. The largest absolute Gasteiger partial charge is 0.317 e. The number of anilines is 1. The quantitative estimate of drug-likeness (QED) is 0.740. The maximum absolute atomic E-state index is 12.4. The van der Waals surface area contributed by atoms with Gasteiger partial charge in [0.15, 0.2) is 10.8 Å². The van der Waals surface area contributed by atoms with E-state index in [-0.39, 0.29) is 5.91 Å². The molecule has 7 nitrogen and oxygen atoms in total. The number of nitrogens with zero attached hydrogens (tertiary/aromatic N) is 4. The zero-order chi connectivity index (χ0) is 17.9. The number of thiazole rings is 1. The predicted octanol–water partition coefficient (Wildman–Crippen LogP) is 2.89. The van der Waals surface area contributed by atoms with E-state index < -0.39 is 0 Å². The average molecular weight is 368 g/mol. The van der Waals surface area contributed by atoms with Crippen LogP contribution in [0.15, 0.2) is 35.8 Å². The van der Waals surface area contributed by atoms with Crippen LogP contribution in [0.5, 0.6) is 0 Å². The molecule has 1 aliphatic rings. The van der Waals surface area contributed by atoms with Gasteiger partial charge < -0.3 is 5.32 Å². The number of nitrogens with one attached hydrogen (secondary N) is 2. The number of piperidine rings is 1. The van der Waals surface area contributed by atoms with E-state index in [1.54, 1.807) is 10.9 Å². The number of hydrogen-bond donors (Lipinski definition) is 2. The van der Waals surface area contributed by atoms with Crippen LogP contribution in [0.3, 0.4) is 0 Å². The molecular formula is C18H20N6OS. The van der Waals surface area contributed by atoms with Gasteiger partial charge in [0.25, 0.3) is 5.91 Å². The summed E-state index contributed by atoms with van der Waals surface area (Å²) in [5, 5.41) is 16.8. The van der Waals surface area contributed by atoms with Crippen LogP contribution < -0.4 is 10.6 Å². The van der Waals surface area contributed by atoms with Gasteiger partial charge in [0.2, 0.25) is 0 Å². The van der Waals surface area contributed by atoms with Crippen molar-refractivity contribution in [1.29, 1.82) is 0 Å². The zero-order valence-corrected chi connectivity index (χ0v) is 15.3. The van der Waals surface area contributed by atoms with Gasteiger partial charge in [-0.2, -0.15) is 0 Å². The second-order valence-corrected chi connectivity index (χ2v) is 7.28. The normalized spacial score (nSPS) is 15.1. The van der Waals surface area contributed by atoms with Crippen LogP contribution in [0.25, 0.3) is 11.3 Å². The van der Waals surface area contributed by atoms with Crippen LogP contribution in [0, 0.1) is 6.92 Å². The number of aryl methyl sites for hydroxylation is 1. The lowest BCUT2D eigenvalue weighted by atomic mass is 10.1. The highest BCUT2D eigenvalue weighted by Gasteiger charge is 2.19. The number of amides is 1. The molecule has 3 heterocycles. The molecule has 0 saturated carbocycles. The lowest BCUT2D eigenvalue weighted by Gasteiger charge is -2.21. The Kier molecular flexibility index (Phi) is 4.77. The highest BCUT2D eigenvalue weighted by molar-refractivity contribution is 7.14. The average Bonchev–Trinajstić information content (AvgIpc) is 3.33. The van der Waals surface area contributed by atoms with Gasteiger partial charge in [-0.3, -0.25) is 10.1 Å². The molecule has 2 N–H and O–H groups in total. The van der Waals surface area contributed by atoms with Crippen molar-refractivity contribution in [3.8, 4) is 11.3 Å². The summed E-state index contributed by atoms with van der Waals surface area (Å²) in [6, 6.07) is 8.46. The summed E-state index contributed by atoms with van der Waals surface area (Å²) < 4.78 is 1.80. The summed E-state index contributed by atoms with van der Waals surface area (Å²) in [6.07, 6.45) is 3.72. The minimum Gasteiger partial charge on any atom is -0.317 e. The van der Waals surface area contributed by atoms with Crippen LogP contribution in [0.2, 0.25) is 0 Å². The van der Waals surface area contributed by atoms with Gasteiger partial charge in [-0.05, 0) is 32.9 Å². The van der Waals surface area contributed by atoms with E-state index in [2.05, 4.69) is 25.9 Å². The lowest BCUT2D eigenvalue weighted by molar-refractivity contribution is 0.102. The molecule has 4 rings (SSSR count). The third-order valence-electron chi connectivity index (χ3n) is 4.50. The monoisotopic (exact) mass is 368 g/mol. The van der Waals surface area contributed by atoms with E-state index in [4.69, 9.17) is 0 Å². The molecule has 8 heteroatoms. The minimum absolute atomic E-state index is 0.282. The molecule has 134 valence electrons. The Morgan fingerprint density at radius 2 is 2.04 bits per heavy atom. The van der Waals surface area contributed by atoms with Crippen molar-refractivity contribution in [2.45, 2.75) is 25.8 Å². The van der Waals surface area contributed by atoms with Gasteiger partial charge in [-0.1, -0.05) is 35.0 Å². The molecule has 0 radical (unpaired) electrons. The molecule has 26 heavy (non-hydrogen) atoms. The first-order valence-corrected chi connectivity index (χ1v) is 9.53. The molecule has 0 bridgehead atoms. The van der Waals surface area contributed by atoms with Crippen molar-refractivity contribution in [3.05, 3.63) is 47.1 Å². The predicted molar refractivity (Wildman–Crippen MR) is 101 cm³/mol. The van der Waals surface area contributed by atoms with Crippen molar-refractivity contribution < 1.29 is 4.79 Å². The van der Waals surface area contributed by atoms with Crippen molar-refractivity contribution in [2.24, 2.45) is 0 Å². The summed E-state index contributed by atoms with van der Waals surface area (Å²) >= 11 is 1.40. The van der Waals surface area contributed by atoms with E-state index in [0.717, 1.165) is 37.2 Å². The smallest absolute Gasteiger partial charge is 0.279 e. The Hall–Kier alpha value is -2.58. The fourth-order valence-electron chi connectivity index (χ4n) is 2.98. The number of hydrogen-bond acceptors (Lipinski definition) is 6. The maximum Gasteiger partial charge on any atom is 0.279 e. The van der Waals surface area contributed by atoms with E-state index in [1.807, 2.05) is 36.6 Å². The number of benzene rings is 1. The van der Waals surface area contributed by atoms with Crippen LogP contribution >= 0.6 is 11.3 Å². The van der Waals surface area contributed by atoms with E-state index >= 15 is 0 Å². The standard InChI is InChI=1S/C18H20N6OS/c1-12-2-4-13(5-3-12)16-11-26-18(20-16)21-17(25)15-10-24(23-22-15)14-6-8-19-9-7-14/h2-5,10-11,14,19H,6-9H2,1H3,(H,20,21,25). The molecular weight excluding hydrogens is 348 g/mol. The fourth-order valence-corrected chi connectivity index (χ4v) is 3.69. The molecule has 1 aliphatic heterocycles. The second-order valence-electron chi connectivity index (χ2n) is 6.42. The van der Waals surface area contributed by atoms with Gasteiger partial charge >= 0.3 is 0 Å². The highest BCUT2D eigenvalue weighted by atomic mass is 32.1. The lowest BCUT2D eigenvalue weighted by Crippen LogP contribution is -2.29. The topological polar surface area (TPSA) is 84.7 Å². The van der Waals surface area contributed by atoms with Gasteiger partial charge in [0, 0.05) is 10.9 Å². The summed E-state index contributed by atoms with van der Waals surface area (Å²) in [7, 11) is 0. The first-order chi connectivity index (χ1) is 12.7. The Bertz CT molecular complexity index is 895. The van der Waals surface area contributed by atoms with E-state index in [9.17, 15) is 4.79 Å². The van der Waals surface area contributed by atoms with Crippen molar-refractivity contribution >= 4 is 22.4 Å². The summed E-state index contributed by atoms with van der Waals surface area (Å²) in [4.78, 5) is 16.9. The number of aromatic nitrogens is 4. The molecule has 3 aromatic rings. The second kappa shape index (κ2) is 7.35. The summed E-state index contributed by atoms with van der Waals surface area (Å²) in [5.41, 5.74) is 3.40. The van der Waals surface area contributed by atoms with Crippen LogP contribution in [-0.4, -0.2) is 39.0 Å².